The summed E-state index contributed by atoms with van der Waals surface area (Å²) in [7, 11) is 0. The predicted molar refractivity (Wildman–Crippen MR) is 120 cm³/mol. The van der Waals surface area contributed by atoms with E-state index in [2.05, 4.69) is 64.8 Å². The Hall–Kier alpha value is -2.63. The van der Waals surface area contributed by atoms with Crippen molar-refractivity contribution in [2.75, 3.05) is 0 Å². The van der Waals surface area contributed by atoms with Crippen LogP contribution in [-0.2, 0) is 0 Å². The number of aromatic nitrogens is 4. The van der Waals surface area contributed by atoms with Crippen molar-refractivity contribution in [3.8, 4) is 17.1 Å². The monoisotopic (exact) mass is 420 g/mol. The number of thioether (sulfide) groups is 1. The van der Waals surface area contributed by atoms with Gasteiger partial charge in [0.05, 0.1) is 5.69 Å². The van der Waals surface area contributed by atoms with E-state index in [1.54, 1.807) is 24.2 Å². The maximum Gasteiger partial charge on any atom is 0.196 e. The van der Waals surface area contributed by atoms with E-state index in [1.165, 1.54) is 11.1 Å². The van der Waals surface area contributed by atoms with Gasteiger partial charge in [-0.05, 0) is 67.8 Å². The van der Waals surface area contributed by atoms with Crippen LogP contribution in [0.1, 0.15) is 28.9 Å². The highest BCUT2D eigenvalue weighted by Crippen LogP contribution is 2.39. The smallest absolute Gasteiger partial charge is 0.196 e. The fourth-order valence-corrected chi connectivity index (χ4v) is 4.56. The Morgan fingerprint density at radius 3 is 2.41 bits per heavy atom. The van der Waals surface area contributed by atoms with Crippen LogP contribution in [0, 0.1) is 13.8 Å². The topological polar surface area (TPSA) is 43.6 Å². The van der Waals surface area contributed by atoms with Crippen molar-refractivity contribution in [1.82, 2.24) is 19.7 Å². The number of hydrogen-bond acceptors (Lipinski definition) is 4. The van der Waals surface area contributed by atoms with Gasteiger partial charge < -0.3 is 0 Å². The van der Waals surface area contributed by atoms with Crippen LogP contribution in [0.15, 0.2) is 72.1 Å². The zero-order chi connectivity index (χ0) is 20.4. The summed E-state index contributed by atoms with van der Waals surface area (Å²) in [6.07, 6.45) is 3.54. The Labute approximate surface area is 180 Å². The van der Waals surface area contributed by atoms with Crippen LogP contribution in [0.2, 0.25) is 5.02 Å². The molecule has 4 nitrogen and oxygen atoms in total. The average Bonchev–Trinajstić information content (AvgIpc) is 3.14. The molecule has 2 aromatic carbocycles. The molecule has 0 saturated carbocycles. The second kappa shape index (κ2) is 8.39. The van der Waals surface area contributed by atoms with Gasteiger partial charge in [-0.2, -0.15) is 0 Å². The Morgan fingerprint density at radius 2 is 1.69 bits per heavy atom. The van der Waals surface area contributed by atoms with Gasteiger partial charge in [-0.25, -0.2) is 0 Å². The summed E-state index contributed by atoms with van der Waals surface area (Å²) < 4.78 is 2.11. The van der Waals surface area contributed by atoms with Gasteiger partial charge in [0.2, 0.25) is 0 Å². The quantitative estimate of drug-likeness (QED) is 0.348. The molecule has 0 bridgehead atoms. The van der Waals surface area contributed by atoms with Crippen molar-refractivity contribution in [3.05, 3.63) is 88.7 Å². The van der Waals surface area contributed by atoms with Crippen LogP contribution in [0.5, 0.6) is 0 Å². The van der Waals surface area contributed by atoms with E-state index in [9.17, 15) is 0 Å². The molecule has 2 aromatic heterocycles. The number of nitrogens with zero attached hydrogens (tertiary/aromatic N) is 4. The van der Waals surface area contributed by atoms with E-state index in [4.69, 9.17) is 11.6 Å². The molecule has 0 fully saturated rings. The van der Waals surface area contributed by atoms with Crippen molar-refractivity contribution < 1.29 is 0 Å². The molecule has 146 valence electrons. The van der Waals surface area contributed by atoms with Crippen LogP contribution >= 0.6 is 23.4 Å². The SMILES string of the molecule is Cc1ccc(-n2c(S[C@@H](C)c3ccccc3Cl)nnc2-c2ccncc2)cc1C. The predicted octanol–water partition coefficient (Wildman–Crippen LogP) is 6.45. The van der Waals surface area contributed by atoms with Crippen LogP contribution in [0.3, 0.4) is 0 Å². The Balaban J connectivity index is 1.81. The molecule has 6 heteroatoms. The minimum absolute atomic E-state index is 0.128. The first-order chi connectivity index (χ1) is 14.0. The van der Waals surface area contributed by atoms with Crippen LogP contribution in [0.4, 0.5) is 0 Å². The van der Waals surface area contributed by atoms with E-state index >= 15 is 0 Å². The van der Waals surface area contributed by atoms with Gasteiger partial charge in [0.1, 0.15) is 0 Å². The summed E-state index contributed by atoms with van der Waals surface area (Å²) in [4.78, 5) is 4.13. The molecule has 0 amide bonds. The molecule has 0 N–H and O–H groups in total. The molecule has 0 unspecified atom stereocenters. The van der Waals surface area contributed by atoms with Gasteiger partial charge in [-0.15, -0.1) is 10.2 Å². The molecular weight excluding hydrogens is 400 g/mol. The number of rotatable bonds is 5. The summed E-state index contributed by atoms with van der Waals surface area (Å²) >= 11 is 8.07. The second-order valence-corrected chi connectivity index (χ2v) is 8.64. The number of benzene rings is 2. The molecular formula is C23H21ClN4S. The van der Waals surface area contributed by atoms with Crippen molar-refractivity contribution in [2.45, 2.75) is 31.2 Å². The minimum atomic E-state index is 0.128. The summed E-state index contributed by atoms with van der Waals surface area (Å²) in [5, 5.41) is 10.8. The zero-order valence-electron chi connectivity index (χ0n) is 16.5. The molecule has 0 aliphatic carbocycles. The first kappa shape index (κ1) is 19.7. The Kier molecular flexibility index (Phi) is 5.69. The lowest BCUT2D eigenvalue weighted by atomic mass is 10.1. The highest BCUT2D eigenvalue weighted by atomic mass is 35.5. The first-order valence-electron chi connectivity index (χ1n) is 9.39. The summed E-state index contributed by atoms with van der Waals surface area (Å²) in [5.41, 5.74) is 5.58. The standard InChI is InChI=1S/C23H21ClN4S/c1-15-8-9-19(14-16(15)2)28-22(18-10-12-25-13-11-18)26-27-23(28)29-17(3)20-6-4-5-7-21(20)24/h4-14,17H,1-3H3/t17-/m0/s1. The molecule has 1 atom stereocenters. The molecule has 4 rings (SSSR count). The summed E-state index contributed by atoms with van der Waals surface area (Å²) in [6.45, 7) is 6.37. The lowest BCUT2D eigenvalue weighted by Gasteiger charge is -2.15. The van der Waals surface area contributed by atoms with Gasteiger partial charge in [-0.1, -0.05) is 47.6 Å². The van der Waals surface area contributed by atoms with E-state index in [0.717, 1.165) is 32.8 Å². The number of hydrogen-bond donors (Lipinski definition) is 0. The fraction of sp³-hybridized carbons (Fsp3) is 0.174. The maximum atomic E-state index is 6.42. The molecule has 0 aliphatic heterocycles. The lowest BCUT2D eigenvalue weighted by Crippen LogP contribution is -2.02. The van der Waals surface area contributed by atoms with E-state index in [-0.39, 0.29) is 5.25 Å². The molecule has 0 saturated heterocycles. The molecule has 4 aromatic rings. The molecule has 29 heavy (non-hydrogen) atoms. The van der Waals surface area contributed by atoms with Crippen molar-refractivity contribution in [2.24, 2.45) is 0 Å². The van der Waals surface area contributed by atoms with E-state index < -0.39 is 0 Å². The molecule has 0 radical (unpaired) electrons. The van der Waals surface area contributed by atoms with Crippen molar-refractivity contribution in [1.29, 1.82) is 0 Å². The molecule has 0 spiro atoms. The van der Waals surface area contributed by atoms with Crippen LogP contribution < -0.4 is 0 Å². The van der Waals surface area contributed by atoms with E-state index in [0.29, 0.717) is 0 Å². The number of halogens is 1. The minimum Gasteiger partial charge on any atom is -0.270 e. The first-order valence-corrected chi connectivity index (χ1v) is 10.6. The number of pyridine rings is 1. The van der Waals surface area contributed by atoms with Crippen molar-refractivity contribution >= 4 is 23.4 Å². The highest BCUT2D eigenvalue weighted by Gasteiger charge is 2.20. The largest absolute Gasteiger partial charge is 0.270 e. The average molecular weight is 421 g/mol. The van der Waals surface area contributed by atoms with Gasteiger partial charge in [0.15, 0.2) is 11.0 Å². The Bertz CT molecular complexity index is 1140. The normalized spacial score (nSPS) is 12.1. The molecule has 0 aliphatic rings. The van der Waals surface area contributed by atoms with Crippen LogP contribution in [0.25, 0.3) is 17.1 Å². The highest BCUT2D eigenvalue weighted by molar-refractivity contribution is 7.99. The van der Waals surface area contributed by atoms with Gasteiger partial charge in [0.25, 0.3) is 0 Å². The zero-order valence-corrected chi connectivity index (χ0v) is 18.1. The molecule has 2 heterocycles. The summed E-state index contributed by atoms with van der Waals surface area (Å²) in [5.74, 6) is 0.796. The number of aryl methyl sites for hydroxylation is 2. The van der Waals surface area contributed by atoms with E-state index in [1.807, 2.05) is 30.3 Å². The third-order valence-electron chi connectivity index (χ3n) is 4.95. The third-order valence-corrected chi connectivity index (χ3v) is 6.37. The van der Waals surface area contributed by atoms with Gasteiger partial charge in [-0.3, -0.25) is 9.55 Å². The summed E-state index contributed by atoms with van der Waals surface area (Å²) in [6, 6.07) is 18.3. The van der Waals surface area contributed by atoms with Gasteiger partial charge in [0, 0.05) is 28.2 Å². The van der Waals surface area contributed by atoms with Crippen molar-refractivity contribution in [3.63, 3.8) is 0 Å². The Morgan fingerprint density at radius 1 is 0.931 bits per heavy atom. The second-order valence-electron chi connectivity index (χ2n) is 6.93. The fourth-order valence-electron chi connectivity index (χ4n) is 3.16. The van der Waals surface area contributed by atoms with Gasteiger partial charge >= 0.3 is 0 Å². The van der Waals surface area contributed by atoms with Crippen LogP contribution in [-0.4, -0.2) is 19.7 Å². The lowest BCUT2D eigenvalue weighted by molar-refractivity contribution is 0.877. The maximum absolute atomic E-state index is 6.42. The third kappa shape index (κ3) is 4.07.